The first-order chi connectivity index (χ1) is 16.6. The smallest absolute Gasteiger partial charge is 0.230 e. The molecule has 0 aliphatic carbocycles. The van der Waals surface area contributed by atoms with Crippen molar-refractivity contribution in [3.8, 4) is 22.8 Å². The number of halogens is 1. The van der Waals surface area contributed by atoms with Crippen LogP contribution < -0.4 is 10.1 Å². The van der Waals surface area contributed by atoms with Crippen LogP contribution in [-0.4, -0.2) is 45.1 Å². The van der Waals surface area contributed by atoms with E-state index < -0.39 is 0 Å². The van der Waals surface area contributed by atoms with E-state index in [2.05, 4.69) is 20.5 Å². The number of para-hydroxylation sites is 1. The van der Waals surface area contributed by atoms with Crippen molar-refractivity contribution in [2.45, 2.75) is 18.5 Å². The minimum atomic E-state index is -0.0808. The lowest BCUT2D eigenvalue weighted by Crippen LogP contribution is -2.27. The number of hydrogen-bond acceptors (Lipinski definition) is 6. The van der Waals surface area contributed by atoms with E-state index in [4.69, 9.17) is 16.3 Å². The van der Waals surface area contributed by atoms with Crippen molar-refractivity contribution in [1.29, 1.82) is 0 Å². The van der Waals surface area contributed by atoms with Gasteiger partial charge in [0.15, 0.2) is 11.0 Å². The lowest BCUT2D eigenvalue weighted by molar-refractivity contribution is -0.118. The summed E-state index contributed by atoms with van der Waals surface area (Å²) in [5.74, 6) is 1.61. The van der Waals surface area contributed by atoms with Gasteiger partial charge in [0.1, 0.15) is 5.75 Å². The van der Waals surface area contributed by atoms with Gasteiger partial charge < -0.3 is 10.1 Å². The number of nitrogens with one attached hydrogen (secondary N) is 1. The lowest BCUT2D eigenvalue weighted by atomic mass is 10.1. The van der Waals surface area contributed by atoms with Crippen LogP contribution in [0.4, 0.5) is 0 Å². The van der Waals surface area contributed by atoms with Gasteiger partial charge in [0.05, 0.1) is 18.6 Å². The molecule has 1 amide bonds. The molecule has 0 radical (unpaired) electrons. The summed E-state index contributed by atoms with van der Waals surface area (Å²) in [6, 6.07) is 17.2. The highest BCUT2D eigenvalue weighted by Crippen LogP contribution is 2.31. The second-order valence-corrected chi connectivity index (χ2v) is 8.81. The van der Waals surface area contributed by atoms with Gasteiger partial charge in [0.2, 0.25) is 5.91 Å². The fourth-order valence-corrected chi connectivity index (χ4v) is 4.48. The average molecular weight is 494 g/mol. The molecule has 0 aliphatic heterocycles. The molecular formula is C25H24ClN5O2S. The van der Waals surface area contributed by atoms with Crippen LogP contribution in [0.15, 0.2) is 72.1 Å². The first-order valence-corrected chi connectivity index (χ1v) is 12.1. The van der Waals surface area contributed by atoms with Gasteiger partial charge in [-0.15, -0.1) is 10.2 Å². The van der Waals surface area contributed by atoms with E-state index >= 15 is 0 Å². The summed E-state index contributed by atoms with van der Waals surface area (Å²) in [6.07, 6.45) is 4.10. The van der Waals surface area contributed by atoms with Crippen molar-refractivity contribution in [3.63, 3.8) is 0 Å². The number of thioether (sulfide) groups is 1. The third-order valence-corrected chi connectivity index (χ3v) is 6.63. The molecule has 0 saturated heterocycles. The second kappa shape index (κ2) is 11.2. The van der Waals surface area contributed by atoms with Gasteiger partial charge in [0.25, 0.3) is 0 Å². The molecule has 0 fully saturated rings. The highest BCUT2D eigenvalue weighted by atomic mass is 35.5. The van der Waals surface area contributed by atoms with Gasteiger partial charge in [-0.25, -0.2) is 0 Å². The molecule has 2 heterocycles. The molecule has 0 unspecified atom stereocenters. The van der Waals surface area contributed by atoms with Gasteiger partial charge in [-0.05, 0) is 54.8 Å². The Morgan fingerprint density at radius 1 is 1.09 bits per heavy atom. The van der Waals surface area contributed by atoms with Crippen LogP contribution in [0.3, 0.4) is 0 Å². The molecule has 9 heteroatoms. The molecule has 174 valence electrons. The standard InChI is InChI=1S/C25H24ClN5O2S/c1-17-20(26)7-5-8-21(17)31-24(19-10-13-27-14-11-19)29-30-25(31)34-16-23(32)28-15-12-18-6-3-4-9-22(18)33-2/h3-11,13-14H,12,15-16H2,1-2H3,(H,28,32). The predicted octanol–water partition coefficient (Wildman–Crippen LogP) is 4.75. The van der Waals surface area contributed by atoms with Crippen molar-refractivity contribution in [2.24, 2.45) is 0 Å². The summed E-state index contributed by atoms with van der Waals surface area (Å²) < 4.78 is 7.31. The first-order valence-electron chi connectivity index (χ1n) is 10.7. The number of pyridine rings is 1. The molecule has 0 saturated carbocycles. The maximum absolute atomic E-state index is 12.6. The minimum Gasteiger partial charge on any atom is -0.496 e. The maximum Gasteiger partial charge on any atom is 0.230 e. The van der Waals surface area contributed by atoms with Crippen LogP contribution in [0.5, 0.6) is 5.75 Å². The van der Waals surface area contributed by atoms with E-state index in [-0.39, 0.29) is 11.7 Å². The fourth-order valence-electron chi connectivity index (χ4n) is 3.53. The van der Waals surface area contributed by atoms with Crippen LogP contribution >= 0.6 is 23.4 Å². The van der Waals surface area contributed by atoms with Crippen LogP contribution in [0.25, 0.3) is 17.1 Å². The molecular weight excluding hydrogens is 470 g/mol. The third kappa shape index (κ3) is 5.40. The Kier molecular flexibility index (Phi) is 7.82. The number of carbonyl (C=O) groups excluding carboxylic acids is 1. The van der Waals surface area contributed by atoms with Crippen LogP contribution in [0, 0.1) is 6.92 Å². The van der Waals surface area contributed by atoms with Crippen molar-refractivity contribution < 1.29 is 9.53 Å². The Balaban J connectivity index is 1.49. The summed E-state index contributed by atoms with van der Waals surface area (Å²) >= 11 is 7.72. The Hall–Kier alpha value is -3.36. The van der Waals surface area contributed by atoms with Gasteiger partial charge in [-0.2, -0.15) is 0 Å². The molecule has 0 aliphatic rings. The number of hydrogen-bond donors (Lipinski definition) is 1. The Morgan fingerprint density at radius 3 is 2.68 bits per heavy atom. The lowest BCUT2D eigenvalue weighted by Gasteiger charge is -2.14. The maximum atomic E-state index is 12.6. The summed E-state index contributed by atoms with van der Waals surface area (Å²) in [6.45, 7) is 2.47. The van der Waals surface area contributed by atoms with Crippen molar-refractivity contribution in [3.05, 3.63) is 83.1 Å². The topological polar surface area (TPSA) is 81.9 Å². The molecule has 2 aromatic heterocycles. The second-order valence-electron chi connectivity index (χ2n) is 7.46. The first kappa shape index (κ1) is 23.8. The quantitative estimate of drug-likeness (QED) is 0.339. The number of nitrogens with zero attached hydrogens (tertiary/aromatic N) is 4. The van der Waals surface area contributed by atoms with E-state index in [9.17, 15) is 4.79 Å². The summed E-state index contributed by atoms with van der Waals surface area (Å²) in [5, 5.41) is 13.0. The third-order valence-electron chi connectivity index (χ3n) is 5.29. The predicted molar refractivity (Wildman–Crippen MR) is 135 cm³/mol. The highest BCUT2D eigenvalue weighted by Gasteiger charge is 2.19. The van der Waals surface area contributed by atoms with Gasteiger partial charge in [-0.3, -0.25) is 14.3 Å². The number of methoxy groups -OCH3 is 1. The Labute approximate surface area is 207 Å². The number of amides is 1. The van der Waals surface area contributed by atoms with E-state index in [1.807, 2.05) is 66.1 Å². The summed E-state index contributed by atoms with van der Waals surface area (Å²) in [7, 11) is 1.64. The summed E-state index contributed by atoms with van der Waals surface area (Å²) in [5.41, 5.74) is 3.69. The largest absolute Gasteiger partial charge is 0.496 e. The minimum absolute atomic E-state index is 0.0808. The van der Waals surface area contributed by atoms with Gasteiger partial charge in [-0.1, -0.05) is 47.6 Å². The van der Waals surface area contributed by atoms with E-state index in [1.165, 1.54) is 11.8 Å². The van der Waals surface area contributed by atoms with Crippen molar-refractivity contribution in [1.82, 2.24) is 25.1 Å². The number of rotatable bonds is 9. The van der Waals surface area contributed by atoms with Crippen molar-refractivity contribution in [2.75, 3.05) is 19.4 Å². The molecule has 34 heavy (non-hydrogen) atoms. The summed E-state index contributed by atoms with van der Waals surface area (Å²) in [4.78, 5) is 16.6. The molecule has 1 N–H and O–H groups in total. The molecule has 0 atom stereocenters. The average Bonchev–Trinajstić information content (AvgIpc) is 3.29. The van der Waals surface area contributed by atoms with Crippen molar-refractivity contribution >= 4 is 29.3 Å². The zero-order valence-corrected chi connectivity index (χ0v) is 20.4. The molecule has 7 nitrogen and oxygen atoms in total. The highest BCUT2D eigenvalue weighted by molar-refractivity contribution is 7.99. The number of benzene rings is 2. The fraction of sp³-hybridized carbons (Fsp3) is 0.200. The zero-order chi connectivity index (χ0) is 23.9. The van der Waals surface area contributed by atoms with E-state index in [0.717, 1.165) is 28.1 Å². The Morgan fingerprint density at radius 2 is 1.88 bits per heavy atom. The molecule has 4 aromatic rings. The van der Waals surface area contributed by atoms with Gasteiger partial charge >= 0.3 is 0 Å². The van der Waals surface area contributed by atoms with E-state index in [1.54, 1.807) is 19.5 Å². The SMILES string of the molecule is COc1ccccc1CCNC(=O)CSc1nnc(-c2ccncc2)n1-c1cccc(Cl)c1C. The normalized spacial score (nSPS) is 10.8. The number of carbonyl (C=O) groups is 1. The van der Waals surface area contributed by atoms with Gasteiger partial charge in [0, 0.05) is 29.5 Å². The number of aromatic nitrogens is 4. The molecule has 0 spiro atoms. The zero-order valence-electron chi connectivity index (χ0n) is 18.9. The van der Waals surface area contributed by atoms with Crippen LogP contribution in [0.2, 0.25) is 5.02 Å². The van der Waals surface area contributed by atoms with E-state index in [0.29, 0.717) is 29.0 Å². The molecule has 2 aromatic carbocycles. The molecule has 0 bridgehead atoms. The van der Waals surface area contributed by atoms with Crippen LogP contribution in [0.1, 0.15) is 11.1 Å². The van der Waals surface area contributed by atoms with Crippen LogP contribution in [-0.2, 0) is 11.2 Å². The monoisotopic (exact) mass is 493 g/mol. The number of ether oxygens (including phenoxy) is 1. The molecule has 4 rings (SSSR count). The Bertz CT molecular complexity index is 1280.